The van der Waals surface area contributed by atoms with Crippen LogP contribution in [0.4, 0.5) is 0 Å². The lowest BCUT2D eigenvalue weighted by Gasteiger charge is -2.10. The molecule has 0 atom stereocenters. The van der Waals surface area contributed by atoms with Crippen molar-refractivity contribution in [3.05, 3.63) is 134 Å². The average Bonchev–Trinajstić information content (AvgIpc) is 3.57. The third-order valence-electron chi connectivity index (χ3n) is 7.21. The molecule has 0 unspecified atom stereocenters. The highest BCUT2D eigenvalue weighted by Crippen LogP contribution is 2.30. The molecule has 8 rings (SSSR count). The Morgan fingerprint density at radius 1 is 0.378 bits per heavy atom. The second kappa shape index (κ2) is 11.3. The van der Waals surface area contributed by atoms with E-state index in [1.54, 1.807) is 24.8 Å². The van der Waals surface area contributed by atoms with Gasteiger partial charge >= 0.3 is 0 Å². The molecule has 2 aromatic carbocycles. The van der Waals surface area contributed by atoms with E-state index in [2.05, 4.69) is 24.9 Å². The normalized spacial score (nSPS) is 11.1. The second-order valence-corrected chi connectivity index (χ2v) is 10.2. The summed E-state index contributed by atoms with van der Waals surface area (Å²) in [7, 11) is 0. The summed E-state index contributed by atoms with van der Waals surface area (Å²) in [6.45, 7) is 0. The molecule has 0 saturated carbocycles. The van der Waals surface area contributed by atoms with Gasteiger partial charge in [-0.3, -0.25) is 19.9 Å². The fourth-order valence-corrected chi connectivity index (χ4v) is 4.97. The van der Waals surface area contributed by atoms with Crippen molar-refractivity contribution in [2.45, 2.75) is 0 Å². The summed E-state index contributed by atoms with van der Waals surface area (Å²) < 4.78 is 5.97. The van der Waals surface area contributed by atoms with Gasteiger partial charge in [0, 0.05) is 47.0 Å². The number of fused-ring (bicyclic) bond motifs is 1. The van der Waals surface area contributed by atoms with Crippen LogP contribution < -0.4 is 0 Å². The second-order valence-electron chi connectivity index (χ2n) is 10.2. The molecule has 0 N–H and O–H groups in total. The Bertz CT molecular complexity index is 2140. The van der Waals surface area contributed by atoms with Gasteiger partial charge in [0.2, 0.25) is 5.89 Å². The molecule has 6 heterocycles. The maximum atomic E-state index is 5.97. The summed E-state index contributed by atoms with van der Waals surface area (Å²) in [6.07, 6.45) is 6.97. The first-order valence-corrected chi connectivity index (χ1v) is 14.2. The van der Waals surface area contributed by atoms with Crippen LogP contribution in [0, 0.1) is 0 Å². The van der Waals surface area contributed by atoms with Crippen LogP contribution in [-0.4, -0.2) is 39.9 Å². The van der Waals surface area contributed by atoms with Gasteiger partial charge in [-0.15, -0.1) is 0 Å². The quantitative estimate of drug-likeness (QED) is 0.195. The van der Waals surface area contributed by atoms with Crippen molar-refractivity contribution in [2.75, 3.05) is 0 Å². The lowest BCUT2D eigenvalue weighted by atomic mass is 10.1. The summed E-state index contributed by atoms with van der Waals surface area (Å²) in [5, 5.41) is 0. The molecule has 0 radical (unpaired) electrons. The fraction of sp³-hybridized carbons (Fsp3) is 0. The third-order valence-corrected chi connectivity index (χ3v) is 7.21. The lowest BCUT2D eigenvalue weighted by Crippen LogP contribution is -2.01. The van der Waals surface area contributed by atoms with Gasteiger partial charge in [-0.05, 0) is 72.8 Å². The molecule has 0 fully saturated rings. The molecule has 9 heteroatoms. The first kappa shape index (κ1) is 26.2. The van der Waals surface area contributed by atoms with Crippen LogP contribution in [0.2, 0.25) is 0 Å². The fourth-order valence-electron chi connectivity index (χ4n) is 4.97. The Kier molecular flexibility index (Phi) is 6.58. The third kappa shape index (κ3) is 5.30. The lowest BCUT2D eigenvalue weighted by molar-refractivity contribution is 0.620. The maximum Gasteiger partial charge on any atom is 0.227 e. The minimum atomic E-state index is 0.508. The van der Waals surface area contributed by atoms with Crippen molar-refractivity contribution in [3.8, 4) is 68.4 Å². The molecule has 0 aliphatic carbocycles. The van der Waals surface area contributed by atoms with Crippen LogP contribution >= 0.6 is 0 Å². The van der Waals surface area contributed by atoms with Crippen molar-refractivity contribution in [1.29, 1.82) is 0 Å². The standard InChI is InChI=1S/C36H22N8O/c1-2-10-32-29(9-1)41-36(45-32)24-13-11-23(12-14-24)33-42-34(25-15-19-39-30(21-25)27-7-3-5-17-37-27)44-35(43-33)26-16-20-40-31(22-26)28-8-4-6-18-38-28/h1-22H. The molecular formula is C36H22N8O. The van der Waals surface area contributed by atoms with E-state index >= 15 is 0 Å². The summed E-state index contributed by atoms with van der Waals surface area (Å²) in [5.41, 5.74) is 7.78. The summed E-state index contributed by atoms with van der Waals surface area (Å²) >= 11 is 0. The number of oxazole rings is 1. The Morgan fingerprint density at radius 3 is 1.44 bits per heavy atom. The summed E-state index contributed by atoms with van der Waals surface area (Å²) in [5.74, 6) is 2.09. The number of nitrogens with zero attached hydrogens (tertiary/aromatic N) is 8. The molecule has 0 aliphatic rings. The van der Waals surface area contributed by atoms with E-state index in [1.165, 1.54) is 0 Å². The van der Waals surface area contributed by atoms with Gasteiger partial charge in [-0.1, -0.05) is 36.4 Å². The Morgan fingerprint density at radius 2 is 0.889 bits per heavy atom. The van der Waals surface area contributed by atoms with Crippen molar-refractivity contribution in [1.82, 2.24) is 39.9 Å². The van der Waals surface area contributed by atoms with Gasteiger partial charge < -0.3 is 4.42 Å². The van der Waals surface area contributed by atoms with Gasteiger partial charge in [0.25, 0.3) is 0 Å². The highest BCUT2D eigenvalue weighted by Gasteiger charge is 2.16. The van der Waals surface area contributed by atoms with Gasteiger partial charge in [0.05, 0.1) is 22.8 Å². The Balaban J connectivity index is 1.23. The predicted octanol–water partition coefficient (Wildman–Crippen LogP) is 7.59. The number of hydrogen-bond acceptors (Lipinski definition) is 9. The van der Waals surface area contributed by atoms with Crippen LogP contribution in [0.25, 0.3) is 79.5 Å². The van der Waals surface area contributed by atoms with E-state index in [-0.39, 0.29) is 0 Å². The highest BCUT2D eigenvalue weighted by atomic mass is 16.3. The van der Waals surface area contributed by atoms with Crippen molar-refractivity contribution < 1.29 is 4.42 Å². The van der Waals surface area contributed by atoms with Gasteiger partial charge in [-0.2, -0.15) is 0 Å². The number of rotatable bonds is 6. The highest BCUT2D eigenvalue weighted by molar-refractivity contribution is 5.77. The minimum absolute atomic E-state index is 0.508. The summed E-state index contributed by atoms with van der Waals surface area (Å²) in [4.78, 5) is 37.4. The molecule has 212 valence electrons. The maximum absolute atomic E-state index is 5.97. The monoisotopic (exact) mass is 582 g/mol. The molecular weight excluding hydrogens is 560 g/mol. The van der Waals surface area contributed by atoms with E-state index in [0.717, 1.165) is 56.1 Å². The molecule has 45 heavy (non-hydrogen) atoms. The number of pyridine rings is 4. The van der Waals surface area contributed by atoms with E-state index in [4.69, 9.17) is 19.4 Å². The molecule has 9 nitrogen and oxygen atoms in total. The van der Waals surface area contributed by atoms with E-state index in [9.17, 15) is 0 Å². The average molecular weight is 583 g/mol. The van der Waals surface area contributed by atoms with Crippen molar-refractivity contribution in [3.63, 3.8) is 0 Å². The minimum Gasteiger partial charge on any atom is -0.436 e. The van der Waals surface area contributed by atoms with Crippen LogP contribution in [0.5, 0.6) is 0 Å². The smallest absolute Gasteiger partial charge is 0.227 e. The molecule has 0 amide bonds. The molecule has 0 spiro atoms. The molecule has 0 aliphatic heterocycles. The summed E-state index contributed by atoms with van der Waals surface area (Å²) in [6, 6.07) is 34.7. The van der Waals surface area contributed by atoms with E-state index in [0.29, 0.717) is 23.4 Å². The first-order chi connectivity index (χ1) is 22.3. The van der Waals surface area contributed by atoms with Crippen LogP contribution in [0.15, 0.2) is 138 Å². The topological polar surface area (TPSA) is 116 Å². The Labute approximate surface area is 257 Å². The number of benzene rings is 2. The number of aromatic nitrogens is 8. The van der Waals surface area contributed by atoms with Crippen LogP contribution in [0.3, 0.4) is 0 Å². The molecule has 6 aromatic heterocycles. The van der Waals surface area contributed by atoms with Crippen LogP contribution in [0.1, 0.15) is 0 Å². The van der Waals surface area contributed by atoms with Gasteiger partial charge in [0.15, 0.2) is 23.1 Å². The zero-order chi connectivity index (χ0) is 30.0. The Hall–Kier alpha value is -6.48. The largest absolute Gasteiger partial charge is 0.436 e. The predicted molar refractivity (Wildman–Crippen MR) is 171 cm³/mol. The van der Waals surface area contributed by atoms with Gasteiger partial charge in [-0.25, -0.2) is 19.9 Å². The SMILES string of the molecule is c1ccc(-c2cc(-c3nc(-c4ccc(-c5nc6ccccc6o5)cc4)nc(-c4ccnc(-c5ccccn5)c4)n3)ccn2)nc1. The van der Waals surface area contributed by atoms with Crippen LogP contribution in [-0.2, 0) is 0 Å². The van der Waals surface area contributed by atoms with Crippen molar-refractivity contribution >= 4 is 11.1 Å². The van der Waals surface area contributed by atoms with Gasteiger partial charge in [0.1, 0.15) is 5.52 Å². The molecule has 0 saturated heterocycles. The number of para-hydroxylation sites is 2. The molecule has 0 bridgehead atoms. The molecule has 8 aromatic rings. The van der Waals surface area contributed by atoms with E-state index < -0.39 is 0 Å². The van der Waals surface area contributed by atoms with E-state index in [1.807, 2.05) is 109 Å². The zero-order valence-corrected chi connectivity index (χ0v) is 23.7. The first-order valence-electron chi connectivity index (χ1n) is 14.2. The zero-order valence-electron chi connectivity index (χ0n) is 23.7. The number of hydrogen-bond donors (Lipinski definition) is 0. The van der Waals surface area contributed by atoms with Crippen molar-refractivity contribution in [2.24, 2.45) is 0 Å².